The second-order valence-electron chi connectivity index (χ2n) is 14.7. The van der Waals surface area contributed by atoms with E-state index in [2.05, 4.69) is 198 Å². The van der Waals surface area contributed by atoms with Crippen LogP contribution in [0.5, 0.6) is 0 Å². The first-order chi connectivity index (χ1) is 29.7. The minimum Gasteiger partial charge on any atom is -1.00 e. The lowest BCUT2D eigenvalue weighted by atomic mass is 10.2. The van der Waals surface area contributed by atoms with Crippen LogP contribution in [-0.4, -0.2) is 9.97 Å². The molecule has 0 N–H and O–H groups in total. The number of aromatic nitrogens is 8. The van der Waals surface area contributed by atoms with Crippen molar-refractivity contribution in [2.45, 2.75) is 78.8 Å². The van der Waals surface area contributed by atoms with Crippen molar-refractivity contribution in [1.82, 2.24) is 9.97 Å². The lowest BCUT2D eigenvalue weighted by molar-refractivity contribution is -0.722. The molecule has 348 valence electrons. The fraction of sp³-hybridized carbons (Fsp3) is 0.231. The van der Waals surface area contributed by atoms with Gasteiger partial charge in [-0.05, 0) is 74.5 Å². The Balaban J connectivity index is 0.00000105. The van der Waals surface area contributed by atoms with Crippen molar-refractivity contribution >= 4 is 0 Å². The van der Waals surface area contributed by atoms with Crippen LogP contribution in [0.15, 0.2) is 195 Å². The highest BCUT2D eigenvalue weighted by atomic mass is 79.9. The zero-order valence-electron chi connectivity index (χ0n) is 37.4. The van der Waals surface area contributed by atoms with E-state index in [1.807, 2.05) is 36.4 Å². The van der Waals surface area contributed by atoms with Gasteiger partial charge >= 0.3 is 0 Å². The van der Waals surface area contributed by atoms with E-state index in [-0.39, 0.29) is 102 Å². The summed E-state index contributed by atoms with van der Waals surface area (Å²) in [5.74, 6) is 0. The summed E-state index contributed by atoms with van der Waals surface area (Å²) in [6.07, 6.45) is 21.2. The van der Waals surface area contributed by atoms with E-state index in [0.29, 0.717) is 0 Å². The molecule has 8 heterocycles. The van der Waals surface area contributed by atoms with Crippen LogP contribution < -0.4 is 129 Å². The molecule has 0 unspecified atom stereocenters. The van der Waals surface area contributed by atoms with Crippen LogP contribution in [0.3, 0.4) is 0 Å². The third-order valence-corrected chi connectivity index (χ3v) is 10.8. The van der Waals surface area contributed by atoms with Gasteiger partial charge in [-0.2, -0.15) is 27.4 Å². The number of hydrogen-bond acceptors (Lipinski definition) is 2. The summed E-state index contributed by atoms with van der Waals surface area (Å²) >= 11 is 0. The second-order valence-corrected chi connectivity index (χ2v) is 14.7. The predicted octanol–water partition coefficient (Wildman–Crippen LogP) is -10.4. The Bertz CT molecular complexity index is 2390. The van der Waals surface area contributed by atoms with E-state index in [4.69, 9.17) is 0 Å². The summed E-state index contributed by atoms with van der Waals surface area (Å²) in [6, 6.07) is 50.7. The monoisotopic (exact) mass is 1270 g/mol. The molecule has 14 heteroatoms. The molecule has 0 atom stereocenters. The minimum atomic E-state index is 0. The van der Waals surface area contributed by atoms with Gasteiger partial charge in [0, 0.05) is 111 Å². The number of unbranched alkanes of at least 4 members (excludes halogenated alkanes) is 2. The molecule has 0 aliphatic heterocycles. The Morgan fingerprint density at radius 1 is 0.288 bits per heavy atom. The standard InChI is InChI=1S/C42H50N6.C10H8N2.6BrH/c1-3-43-27-11-5-21-37(43)39-23-7-13-29-45(39)33-17-19-35-47-31-15-9-25-41(47)42-26-10-16-32-48(42)36-20-18-34-46-30-14-8-24-40(46)38-22-6-12-28-44(38)4-2;1-3-7-11-9(5-1)10-6-2-4-8-12-10;;;;;;/h5-16,21-32H,3-4,17-20,33-36H2,1-2H3;1-8H;6*1H/q+6;;;;;;;/p-6. The topological polar surface area (TPSA) is 49.1 Å². The summed E-state index contributed by atoms with van der Waals surface area (Å²) < 4.78 is 14.3. The van der Waals surface area contributed by atoms with Gasteiger partial charge in [0.05, 0.1) is 11.4 Å². The molecule has 8 aromatic heterocycles. The molecule has 0 spiro atoms. The normalized spacial score (nSPS) is 9.85. The number of aryl methyl sites for hydroxylation is 6. The number of hydrogen-bond donors (Lipinski definition) is 0. The summed E-state index contributed by atoms with van der Waals surface area (Å²) in [7, 11) is 0. The third kappa shape index (κ3) is 16.7. The summed E-state index contributed by atoms with van der Waals surface area (Å²) in [5, 5.41) is 0. The molecule has 0 saturated heterocycles. The quantitative estimate of drug-likeness (QED) is 0.0715. The zero-order chi connectivity index (χ0) is 41.2. The van der Waals surface area contributed by atoms with Crippen molar-refractivity contribution in [3.05, 3.63) is 195 Å². The summed E-state index contributed by atoms with van der Waals surface area (Å²) in [5.41, 5.74) is 9.43. The Morgan fingerprint density at radius 3 is 0.742 bits per heavy atom. The Morgan fingerprint density at radius 2 is 0.515 bits per heavy atom. The zero-order valence-corrected chi connectivity index (χ0v) is 46.9. The van der Waals surface area contributed by atoms with Crippen molar-refractivity contribution < 1.29 is 129 Å². The predicted molar refractivity (Wildman–Crippen MR) is 234 cm³/mol. The fourth-order valence-corrected chi connectivity index (χ4v) is 7.74. The highest BCUT2D eigenvalue weighted by Gasteiger charge is 2.25. The van der Waals surface area contributed by atoms with Gasteiger partial charge in [-0.15, -0.1) is 0 Å². The lowest BCUT2D eigenvalue weighted by Crippen LogP contribution is -3.00. The summed E-state index contributed by atoms with van der Waals surface area (Å²) in [4.78, 5) is 8.37. The Labute approximate surface area is 454 Å². The van der Waals surface area contributed by atoms with Crippen molar-refractivity contribution in [3.8, 4) is 45.6 Å². The van der Waals surface area contributed by atoms with Crippen LogP contribution in [0, 0.1) is 0 Å². The molecule has 0 aliphatic carbocycles. The molecular formula is C52H58Br6N8. The highest BCUT2D eigenvalue weighted by Crippen LogP contribution is 2.14. The maximum Gasteiger partial charge on any atom is 0.277 e. The number of halogens is 6. The molecule has 0 aliphatic rings. The minimum absolute atomic E-state index is 0. The molecule has 8 aromatic rings. The van der Waals surface area contributed by atoms with Gasteiger partial charge in [-0.25, -0.2) is 0 Å². The Hall–Kier alpha value is -3.92. The van der Waals surface area contributed by atoms with E-state index >= 15 is 0 Å². The summed E-state index contributed by atoms with van der Waals surface area (Å²) in [6.45, 7) is 10.3. The van der Waals surface area contributed by atoms with Crippen molar-refractivity contribution in [2.75, 3.05) is 0 Å². The smallest absolute Gasteiger partial charge is 0.277 e. The lowest BCUT2D eigenvalue weighted by Gasteiger charge is -2.06. The number of pyridine rings is 8. The van der Waals surface area contributed by atoms with Gasteiger partial charge in [0.15, 0.2) is 37.2 Å². The highest BCUT2D eigenvalue weighted by molar-refractivity contribution is 5.52. The molecule has 0 aromatic carbocycles. The van der Waals surface area contributed by atoms with Gasteiger partial charge in [0.1, 0.15) is 39.3 Å². The average Bonchev–Trinajstić information content (AvgIpc) is 3.33. The van der Waals surface area contributed by atoms with Crippen molar-refractivity contribution in [1.29, 1.82) is 0 Å². The van der Waals surface area contributed by atoms with E-state index in [9.17, 15) is 0 Å². The van der Waals surface area contributed by atoms with Gasteiger partial charge in [-0.3, -0.25) is 9.97 Å². The molecule has 0 fully saturated rings. The van der Waals surface area contributed by atoms with Crippen LogP contribution in [0.25, 0.3) is 45.6 Å². The molecule has 0 saturated carbocycles. The first-order valence-corrected chi connectivity index (χ1v) is 21.5. The SMILES string of the molecule is CC[n+]1ccccc1-c1cccc[n+]1CCCC[n+]1ccccc1-c1cccc[n+]1CCCC[n+]1ccccc1-c1cccc[n+]1CC.[Br-].[Br-].[Br-].[Br-].[Br-].[Br-].c1ccc(-c2ccccn2)nc1. The average molecular weight is 1270 g/mol. The fourth-order valence-electron chi connectivity index (χ4n) is 7.74. The van der Waals surface area contributed by atoms with Gasteiger partial charge in [0.2, 0.25) is 0 Å². The van der Waals surface area contributed by atoms with Gasteiger partial charge in [-0.1, -0.05) is 12.1 Å². The van der Waals surface area contributed by atoms with Crippen LogP contribution >= 0.6 is 0 Å². The van der Waals surface area contributed by atoms with E-state index in [0.717, 1.165) is 76.3 Å². The molecule has 0 bridgehead atoms. The van der Waals surface area contributed by atoms with Crippen LogP contribution in [0.1, 0.15) is 39.5 Å². The maximum absolute atomic E-state index is 4.19. The third-order valence-electron chi connectivity index (χ3n) is 10.8. The first-order valence-electron chi connectivity index (χ1n) is 21.5. The number of rotatable bonds is 16. The molecule has 8 rings (SSSR count). The van der Waals surface area contributed by atoms with E-state index in [1.165, 1.54) is 34.2 Å². The van der Waals surface area contributed by atoms with Crippen molar-refractivity contribution in [2.24, 2.45) is 0 Å². The van der Waals surface area contributed by atoms with E-state index < -0.39 is 0 Å². The first kappa shape index (κ1) is 60.1. The maximum atomic E-state index is 4.19. The molecular weight excluding hydrogens is 1220 g/mol. The van der Waals surface area contributed by atoms with Crippen LogP contribution in [0.2, 0.25) is 0 Å². The Kier molecular flexibility index (Phi) is 29.8. The molecule has 8 nitrogen and oxygen atoms in total. The van der Waals surface area contributed by atoms with E-state index in [1.54, 1.807) is 12.4 Å². The van der Waals surface area contributed by atoms with Crippen molar-refractivity contribution in [3.63, 3.8) is 0 Å². The molecule has 66 heavy (non-hydrogen) atoms. The largest absolute Gasteiger partial charge is 1.00 e. The van der Waals surface area contributed by atoms with Crippen LogP contribution in [-0.2, 0) is 39.3 Å². The number of nitrogens with zero attached hydrogens (tertiary/aromatic N) is 8. The molecule has 0 amide bonds. The van der Waals surface area contributed by atoms with Gasteiger partial charge in [0.25, 0.3) is 34.2 Å². The molecule has 0 radical (unpaired) electrons. The second kappa shape index (κ2) is 32.7. The van der Waals surface area contributed by atoms with Gasteiger partial charge < -0.3 is 102 Å². The van der Waals surface area contributed by atoms with Crippen LogP contribution in [0.4, 0.5) is 0 Å².